The predicted molar refractivity (Wildman–Crippen MR) is 76.4 cm³/mol. The zero-order chi connectivity index (χ0) is 14.5. The molecule has 108 valence electrons. The van der Waals surface area contributed by atoms with Gasteiger partial charge in [-0.15, -0.1) is 21.5 Å². The van der Waals surface area contributed by atoms with E-state index in [-0.39, 0.29) is 12.5 Å². The van der Waals surface area contributed by atoms with E-state index in [4.69, 9.17) is 0 Å². The molecule has 9 heteroatoms. The van der Waals surface area contributed by atoms with E-state index >= 15 is 0 Å². The Balaban J connectivity index is 1.48. The smallest absolute Gasteiger partial charge is 0.243 e. The monoisotopic (exact) mass is 303 g/mol. The molecule has 8 nitrogen and oxygen atoms in total. The van der Waals surface area contributed by atoms with Crippen molar-refractivity contribution in [3.8, 4) is 10.7 Å². The van der Waals surface area contributed by atoms with Crippen molar-refractivity contribution in [2.45, 2.75) is 13.0 Å². The Morgan fingerprint density at radius 2 is 2.43 bits per heavy atom. The summed E-state index contributed by atoms with van der Waals surface area (Å²) in [4.78, 5) is 20.9. The fraction of sp³-hybridized carbons (Fsp3) is 0.250. The second-order valence-corrected chi connectivity index (χ2v) is 5.25. The number of H-pyrrole nitrogens is 1. The average molecular weight is 303 g/mol. The highest BCUT2D eigenvalue weighted by molar-refractivity contribution is 7.13. The van der Waals surface area contributed by atoms with E-state index in [1.165, 1.54) is 16.1 Å². The topological polar surface area (TPSA) is 101 Å². The van der Waals surface area contributed by atoms with E-state index in [0.717, 1.165) is 10.6 Å². The average Bonchev–Trinajstić information content (AvgIpc) is 3.21. The standard InChI is InChI=1S/C12H13N7OS/c20-11(14-4-3-9-6-13-8-15-9)7-19-17-12(16-18-19)10-2-1-5-21-10/h1-2,5-6,8H,3-4,7H2,(H,13,15)(H,14,20). The third kappa shape index (κ3) is 3.51. The number of nitrogens with zero attached hydrogens (tertiary/aromatic N) is 5. The van der Waals surface area contributed by atoms with Gasteiger partial charge in [0, 0.05) is 24.9 Å². The second-order valence-electron chi connectivity index (χ2n) is 4.30. The number of aromatic nitrogens is 6. The minimum Gasteiger partial charge on any atom is -0.354 e. The zero-order valence-corrected chi connectivity index (χ0v) is 11.9. The molecule has 0 aliphatic heterocycles. The molecule has 1 amide bonds. The van der Waals surface area contributed by atoms with Crippen LogP contribution in [0.15, 0.2) is 30.0 Å². The zero-order valence-electron chi connectivity index (χ0n) is 11.1. The highest BCUT2D eigenvalue weighted by Crippen LogP contribution is 2.19. The van der Waals surface area contributed by atoms with Gasteiger partial charge in [0.15, 0.2) is 0 Å². The molecular weight excluding hydrogens is 290 g/mol. The first-order chi connectivity index (χ1) is 10.3. The van der Waals surface area contributed by atoms with Crippen LogP contribution in [0.2, 0.25) is 0 Å². The van der Waals surface area contributed by atoms with Gasteiger partial charge in [-0.05, 0) is 16.7 Å². The van der Waals surface area contributed by atoms with Crippen molar-refractivity contribution in [1.82, 2.24) is 35.5 Å². The first-order valence-electron chi connectivity index (χ1n) is 6.37. The molecule has 0 unspecified atom stereocenters. The van der Waals surface area contributed by atoms with Gasteiger partial charge < -0.3 is 10.3 Å². The van der Waals surface area contributed by atoms with Crippen LogP contribution in [0.4, 0.5) is 0 Å². The summed E-state index contributed by atoms with van der Waals surface area (Å²) in [7, 11) is 0. The number of hydrogen-bond donors (Lipinski definition) is 2. The molecule has 0 aliphatic carbocycles. The number of amides is 1. The van der Waals surface area contributed by atoms with Crippen molar-refractivity contribution in [2.24, 2.45) is 0 Å². The van der Waals surface area contributed by atoms with Crippen LogP contribution < -0.4 is 5.32 Å². The molecule has 2 N–H and O–H groups in total. The Kier molecular flexibility index (Phi) is 4.01. The third-order valence-electron chi connectivity index (χ3n) is 2.75. The van der Waals surface area contributed by atoms with Gasteiger partial charge >= 0.3 is 0 Å². The summed E-state index contributed by atoms with van der Waals surface area (Å²) in [5.74, 6) is 0.389. The molecule has 0 spiro atoms. The lowest BCUT2D eigenvalue weighted by molar-refractivity contribution is -0.122. The SMILES string of the molecule is O=C(Cn1nnc(-c2cccs2)n1)NCCc1cnc[nH]1. The Morgan fingerprint density at radius 3 is 3.19 bits per heavy atom. The number of hydrogen-bond acceptors (Lipinski definition) is 6. The lowest BCUT2D eigenvalue weighted by atomic mass is 10.3. The maximum absolute atomic E-state index is 11.8. The molecule has 0 saturated carbocycles. The fourth-order valence-electron chi connectivity index (χ4n) is 1.76. The number of rotatable bonds is 6. The Bertz CT molecular complexity index is 689. The van der Waals surface area contributed by atoms with Crippen molar-refractivity contribution >= 4 is 17.2 Å². The third-order valence-corrected chi connectivity index (χ3v) is 3.62. The lowest BCUT2D eigenvalue weighted by Gasteiger charge is -2.02. The fourth-order valence-corrected chi connectivity index (χ4v) is 2.40. The summed E-state index contributed by atoms with van der Waals surface area (Å²) in [5.41, 5.74) is 0.981. The molecular formula is C12H13N7OS. The van der Waals surface area contributed by atoms with Crippen LogP contribution in [0, 0.1) is 0 Å². The van der Waals surface area contributed by atoms with Crippen LogP contribution in [0.25, 0.3) is 10.7 Å². The van der Waals surface area contributed by atoms with Gasteiger partial charge in [0.25, 0.3) is 0 Å². The number of imidazole rings is 1. The van der Waals surface area contributed by atoms with E-state index in [0.29, 0.717) is 18.8 Å². The van der Waals surface area contributed by atoms with Crippen LogP contribution in [0.5, 0.6) is 0 Å². The molecule has 21 heavy (non-hydrogen) atoms. The van der Waals surface area contributed by atoms with Crippen molar-refractivity contribution < 1.29 is 4.79 Å². The molecule has 0 aliphatic rings. The molecule has 0 atom stereocenters. The van der Waals surface area contributed by atoms with Gasteiger partial charge in [0.05, 0.1) is 11.2 Å². The summed E-state index contributed by atoms with van der Waals surface area (Å²) >= 11 is 1.53. The first-order valence-corrected chi connectivity index (χ1v) is 7.25. The molecule has 3 aromatic rings. The molecule has 0 radical (unpaired) electrons. The van der Waals surface area contributed by atoms with E-state index in [1.807, 2.05) is 17.5 Å². The van der Waals surface area contributed by atoms with Crippen molar-refractivity contribution in [1.29, 1.82) is 0 Å². The highest BCUT2D eigenvalue weighted by Gasteiger charge is 2.09. The quantitative estimate of drug-likeness (QED) is 0.690. The minimum absolute atomic E-state index is 0.0569. The van der Waals surface area contributed by atoms with Crippen LogP contribution >= 0.6 is 11.3 Å². The molecule has 0 fully saturated rings. The van der Waals surface area contributed by atoms with E-state index in [9.17, 15) is 4.79 Å². The first kappa shape index (κ1) is 13.4. The van der Waals surface area contributed by atoms with Crippen molar-refractivity contribution in [2.75, 3.05) is 6.54 Å². The van der Waals surface area contributed by atoms with Gasteiger partial charge in [0.2, 0.25) is 11.7 Å². The van der Waals surface area contributed by atoms with Crippen molar-refractivity contribution in [3.63, 3.8) is 0 Å². The molecule has 0 aromatic carbocycles. The number of thiophene rings is 1. The number of carbonyl (C=O) groups is 1. The van der Waals surface area contributed by atoms with Crippen LogP contribution in [0.3, 0.4) is 0 Å². The van der Waals surface area contributed by atoms with Gasteiger partial charge in [-0.3, -0.25) is 4.79 Å². The number of carbonyl (C=O) groups excluding carboxylic acids is 1. The van der Waals surface area contributed by atoms with Crippen molar-refractivity contribution in [3.05, 3.63) is 35.7 Å². The van der Waals surface area contributed by atoms with E-state index in [1.54, 1.807) is 12.5 Å². The number of aromatic amines is 1. The summed E-state index contributed by atoms with van der Waals surface area (Å²) in [6.45, 7) is 0.592. The summed E-state index contributed by atoms with van der Waals surface area (Å²) in [6.07, 6.45) is 4.05. The molecule has 0 bridgehead atoms. The normalized spacial score (nSPS) is 10.7. The van der Waals surface area contributed by atoms with E-state index < -0.39 is 0 Å². The largest absolute Gasteiger partial charge is 0.354 e. The maximum atomic E-state index is 11.8. The number of nitrogens with one attached hydrogen (secondary N) is 2. The molecule has 3 heterocycles. The van der Waals surface area contributed by atoms with E-state index in [2.05, 4.69) is 30.7 Å². The lowest BCUT2D eigenvalue weighted by Crippen LogP contribution is -2.30. The summed E-state index contributed by atoms with van der Waals surface area (Å²) < 4.78 is 0. The van der Waals surface area contributed by atoms with Crippen LogP contribution in [0.1, 0.15) is 5.69 Å². The molecule has 3 aromatic heterocycles. The van der Waals surface area contributed by atoms with Crippen LogP contribution in [-0.4, -0.2) is 42.6 Å². The summed E-state index contributed by atoms with van der Waals surface area (Å²) in [6, 6.07) is 3.83. The Hall–Kier alpha value is -2.55. The van der Waals surface area contributed by atoms with Crippen LogP contribution in [-0.2, 0) is 17.8 Å². The second kappa shape index (κ2) is 6.27. The molecule has 0 saturated heterocycles. The minimum atomic E-state index is -0.148. The summed E-state index contributed by atoms with van der Waals surface area (Å²) in [5, 5.41) is 16.7. The predicted octanol–water partition coefficient (Wildman–Crippen LogP) is 0.484. The molecule has 3 rings (SSSR count). The Morgan fingerprint density at radius 1 is 1.48 bits per heavy atom. The van der Waals surface area contributed by atoms with Gasteiger partial charge in [-0.25, -0.2) is 4.98 Å². The van der Waals surface area contributed by atoms with Gasteiger partial charge in [-0.1, -0.05) is 6.07 Å². The number of tetrazole rings is 1. The van der Waals surface area contributed by atoms with Gasteiger partial charge in [0.1, 0.15) is 6.54 Å². The highest BCUT2D eigenvalue weighted by atomic mass is 32.1. The Labute approximate surface area is 124 Å². The maximum Gasteiger partial charge on any atom is 0.243 e. The van der Waals surface area contributed by atoms with Gasteiger partial charge in [-0.2, -0.15) is 4.80 Å².